The molecular formula is C19H18FN3. The molecule has 0 amide bonds. The van der Waals surface area contributed by atoms with Gasteiger partial charge in [-0.05, 0) is 42.1 Å². The van der Waals surface area contributed by atoms with Crippen molar-refractivity contribution in [2.24, 2.45) is 10.7 Å². The molecule has 0 atom stereocenters. The summed E-state index contributed by atoms with van der Waals surface area (Å²) in [5, 5.41) is 2.13. The SMILES string of the molecule is Cc1cc(F)cc(N(C)C(N)=Nc2cccc3ccccc23)c1. The second kappa shape index (κ2) is 6.08. The van der Waals surface area contributed by atoms with E-state index in [0.717, 1.165) is 22.0 Å². The molecule has 116 valence electrons. The monoisotopic (exact) mass is 307 g/mol. The van der Waals surface area contributed by atoms with Gasteiger partial charge in [-0.25, -0.2) is 9.38 Å². The number of guanidine groups is 1. The molecule has 3 aromatic carbocycles. The summed E-state index contributed by atoms with van der Waals surface area (Å²) in [6, 6.07) is 18.7. The standard InChI is InChI=1S/C19H18FN3/c1-13-10-15(20)12-16(11-13)23(2)19(21)22-18-9-5-7-14-6-3-4-8-17(14)18/h3-12H,1-2H3,(H2,21,22). The molecule has 0 aliphatic carbocycles. The summed E-state index contributed by atoms with van der Waals surface area (Å²) in [7, 11) is 1.78. The van der Waals surface area contributed by atoms with Gasteiger partial charge in [0.2, 0.25) is 5.96 Å². The summed E-state index contributed by atoms with van der Waals surface area (Å²) in [5.41, 5.74) is 8.43. The second-order valence-electron chi connectivity index (χ2n) is 5.51. The van der Waals surface area contributed by atoms with E-state index in [1.165, 1.54) is 12.1 Å². The Balaban J connectivity index is 2.00. The third-order valence-corrected chi connectivity index (χ3v) is 3.76. The molecule has 0 saturated heterocycles. The minimum Gasteiger partial charge on any atom is -0.369 e. The maximum Gasteiger partial charge on any atom is 0.200 e. The molecule has 4 heteroatoms. The van der Waals surface area contributed by atoms with E-state index in [1.54, 1.807) is 11.9 Å². The summed E-state index contributed by atoms with van der Waals surface area (Å²) in [4.78, 5) is 6.20. The zero-order chi connectivity index (χ0) is 16.4. The fourth-order valence-electron chi connectivity index (χ4n) is 2.55. The smallest absolute Gasteiger partial charge is 0.200 e. The van der Waals surface area contributed by atoms with Crippen LogP contribution in [0.3, 0.4) is 0 Å². The Morgan fingerprint density at radius 2 is 1.78 bits per heavy atom. The van der Waals surface area contributed by atoms with Gasteiger partial charge in [-0.3, -0.25) is 0 Å². The van der Waals surface area contributed by atoms with Crippen molar-refractivity contribution in [3.05, 3.63) is 72.0 Å². The molecule has 0 aromatic heterocycles. The van der Waals surface area contributed by atoms with Gasteiger partial charge in [-0.1, -0.05) is 36.4 Å². The van der Waals surface area contributed by atoms with Crippen LogP contribution in [0.2, 0.25) is 0 Å². The van der Waals surface area contributed by atoms with Crippen LogP contribution >= 0.6 is 0 Å². The quantitative estimate of drug-likeness (QED) is 0.564. The Hall–Kier alpha value is -2.88. The topological polar surface area (TPSA) is 41.6 Å². The first-order chi connectivity index (χ1) is 11.0. The average molecular weight is 307 g/mol. The normalized spacial score (nSPS) is 11.7. The highest BCUT2D eigenvalue weighted by Gasteiger charge is 2.08. The number of nitrogens with zero attached hydrogens (tertiary/aromatic N) is 2. The Morgan fingerprint density at radius 1 is 1.04 bits per heavy atom. The third kappa shape index (κ3) is 3.16. The first-order valence-electron chi connectivity index (χ1n) is 7.37. The first-order valence-corrected chi connectivity index (χ1v) is 7.37. The summed E-state index contributed by atoms with van der Waals surface area (Å²) in [6.45, 7) is 1.85. The van der Waals surface area contributed by atoms with Crippen LogP contribution < -0.4 is 10.6 Å². The second-order valence-corrected chi connectivity index (χ2v) is 5.51. The Bertz CT molecular complexity index is 861. The van der Waals surface area contributed by atoms with Crippen LogP contribution in [-0.2, 0) is 0 Å². The summed E-state index contributed by atoms with van der Waals surface area (Å²) >= 11 is 0. The molecule has 0 saturated carbocycles. The van der Waals surface area contributed by atoms with Crippen LogP contribution in [-0.4, -0.2) is 13.0 Å². The van der Waals surface area contributed by atoms with Crippen molar-refractivity contribution in [3.63, 3.8) is 0 Å². The molecule has 3 aromatic rings. The molecule has 0 unspecified atom stereocenters. The largest absolute Gasteiger partial charge is 0.369 e. The van der Waals surface area contributed by atoms with Crippen molar-refractivity contribution in [2.45, 2.75) is 6.92 Å². The molecule has 0 aliphatic rings. The number of halogens is 1. The molecule has 0 spiro atoms. The average Bonchev–Trinajstić information content (AvgIpc) is 2.53. The molecule has 0 radical (unpaired) electrons. The zero-order valence-corrected chi connectivity index (χ0v) is 13.1. The van der Waals surface area contributed by atoms with Crippen molar-refractivity contribution >= 4 is 28.1 Å². The molecule has 0 heterocycles. The number of benzene rings is 3. The maximum absolute atomic E-state index is 13.6. The Morgan fingerprint density at radius 3 is 2.57 bits per heavy atom. The molecular weight excluding hydrogens is 289 g/mol. The van der Waals surface area contributed by atoms with Gasteiger partial charge in [0.15, 0.2) is 0 Å². The minimum absolute atomic E-state index is 0.287. The first kappa shape index (κ1) is 15.0. The molecule has 3 nitrogen and oxygen atoms in total. The van der Waals surface area contributed by atoms with E-state index in [2.05, 4.69) is 4.99 Å². The van der Waals surface area contributed by atoms with E-state index in [-0.39, 0.29) is 5.82 Å². The molecule has 0 fully saturated rings. The van der Waals surface area contributed by atoms with Crippen molar-refractivity contribution in [2.75, 3.05) is 11.9 Å². The lowest BCUT2D eigenvalue weighted by molar-refractivity contribution is 0.627. The van der Waals surface area contributed by atoms with E-state index in [0.29, 0.717) is 11.6 Å². The van der Waals surface area contributed by atoms with Gasteiger partial charge in [0, 0.05) is 18.1 Å². The van der Waals surface area contributed by atoms with Crippen molar-refractivity contribution in [3.8, 4) is 0 Å². The lowest BCUT2D eigenvalue weighted by Gasteiger charge is -2.19. The van der Waals surface area contributed by atoms with E-state index < -0.39 is 0 Å². The van der Waals surface area contributed by atoms with Crippen LogP contribution in [0.1, 0.15) is 5.56 Å². The van der Waals surface area contributed by atoms with Crippen molar-refractivity contribution in [1.82, 2.24) is 0 Å². The van der Waals surface area contributed by atoms with Gasteiger partial charge in [0.05, 0.1) is 5.69 Å². The van der Waals surface area contributed by atoms with Crippen LogP contribution in [0.4, 0.5) is 15.8 Å². The van der Waals surface area contributed by atoms with Crippen LogP contribution in [0.15, 0.2) is 65.7 Å². The Kier molecular flexibility index (Phi) is 3.98. The lowest BCUT2D eigenvalue weighted by Crippen LogP contribution is -2.33. The van der Waals surface area contributed by atoms with Gasteiger partial charge in [0.25, 0.3) is 0 Å². The van der Waals surface area contributed by atoms with E-state index in [1.807, 2.05) is 55.5 Å². The fourth-order valence-corrected chi connectivity index (χ4v) is 2.55. The number of nitrogens with two attached hydrogens (primary N) is 1. The highest BCUT2D eigenvalue weighted by atomic mass is 19.1. The zero-order valence-electron chi connectivity index (χ0n) is 13.1. The molecule has 3 rings (SSSR count). The number of anilines is 1. The van der Waals surface area contributed by atoms with Crippen LogP contribution in [0.25, 0.3) is 10.8 Å². The van der Waals surface area contributed by atoms with Crippen molar-refractivity contribution < 1.29 is 4.39 Å². The Labute approximate surface area is 134 Å². The van der Waals surface area contributed by atoms with Gasteiger partial charge >= 0.3 is 0 Å². The number of aliphatic imine (C=N–C) groups is 1. The van der Waals surface area contributed by atoms with E-state index in [4.69, 9.17) is 5.73 Å². The van der Waals surface area contributed by atoms with Crippen molar-refractivity contribution in [1.29, 1.82) is 0 Å². The number of hydrogen-bond donors (Lipinski definition) is 1. The molecule has 0 bridgehead atoms. The van der Waals surface area contributed by atoms with Gasteiger partial charge < -0.3 is 10.6 Å². The number of hydrogen-bond acceptors (Lipinski definition) is 1. The van der Waals surface area contributed by atoms with Gasteiger partial charge in [0.1, 0.15) is 5.82 Å². The van der Waals surface area contributed by atoms with Gasteiger partial charge in [-0.15, -0.1) is 0 Å². The third-order valence-electron chi connectivity index (χ3n) is 3.76. The molecule has 23 heavy (non-hydrogen) atoms. The summed E-state index contributed by atoms with van der Waals surface area (Å²) < 4.78 is 13.6. The fraction of sp³-hybridized carbons (Fsp3) is 0.105. The minimum atomic E-state index is -0.287. The van der Waals surface area contributed by atoms with E-state index >= 15 is 0 Å². The summed E-state index contributed by atoms with van der Waals surface area (Å²) in [6.07, 6.45) is 0. The van der Waals surface area contributed by atoms with Crippen LogP contribution in [0.5, 0.6) is 0 Å². The number of fused-ring (bicyclic) bond motifs is 1. The maximum atomic E-state index is 13.6. The predicted molar refractivity (Wildman–Crippen MR) is 94.8 cm³/mol. The number of rotatable bonds is 2. The van der Waals surface area contributed by atoms with E-state index in [9.17, 15) is 4.39 Å². The summed E-state index contributed by atoms with van der Waals surface area (Å²) in [5.74, 6) is 0.0242. The highest BCUT2D eigenvalue weighted by Crippen LogP contribution is 2.26. The molecule has 2 N–H and O–H groups in total. The number of aryl methyl sites for hydroxylation is 1. The molecule has 0 aliphatic heterocycles. The van der Waals surface area contributed by atoms with Gasteiger partial charge in [-0.2, -0.15) is 0 Å². The predicted octanol–water partition coefficient (Wildman–Crippen LogP) is 4.37. The lowest BCUT2D eigenvalue weighted by atomic mass is 10.1. The highest BCUT2D eigenvalue weighted by molar-refractivity contribution is 6.00. The van der Waals surface area contributed by atoms with Crippen LogP contribution in [0, 0.1) is 12.7 Å².